The van der Waals surface area contributed by atoms with Gasteiger partial charge in [0.25, 0.3) is 5.91 Å². The lowest BCUT2D eigenvalue weighted by atomic mass is 9.87. The van der Waals surface area contributed by atoms with Crippen molar-refractivity contribution in [2.45, 2.75) is 19.4 Å². The molecule has 1 amide bonds. The summed E-state index contributed by atoms with van der Waals surface area (Å²) in [4.78, 5) is 23.4. The number of carbonyl (C=O) groups excluding carboxylic acids is 1. The van der Waals surface area contributed by atoms with Crippen molar-refractivity contribution in [3.8, 4) is 11.1 Å². The minimum absolute atomic E-state index is 0.0469. The fraction of sp³-hybridized carbons (Fsp3) is 0.182. The number of hydrogen-bond donors (Lipinski definition) is 0. The second-order valence-electron chi connectivity index (χ2n) is 7.14. The lowest BCUT2D eigenvalue weighted by Crippen LogP contribution is -2.39. The topological polar surface area (TPSA) is 63.4 Å². The minimum atomic E-state index is -0.0981. The van der Waals surface area contributed by atoms with Crippen LogP contribution in [0, 0.1) is 0 Å². The Balaban J connectivity index is 1.49. The summed E-state index contributed by atoms with van der Waals surface area (Å²) in [6.45, 7) is 2.70. The molecule has 0 fully saturated rings. The third-order valence-corrected chi connectivity index (χ3v) is 5.68. The maximum absolute atomic E-state index is 13.2. The van der Waals surface area contributed by atoms with E-state index in [1.165, 1.54) is 16.7 Å². The summed E-state index contributed by atoms with van der Waals surface area (Å²) in [5, 5.41) is 4.85. The lowest BCUT2D eigenvalue weighted by molar-refractivity contribution is 0.0671. The van der Waals surface area contributed by atoms with Crippen LogP contribution in [0.2, 0.25) is 5.02 Å². The summed E-state index contributed by atoms with van der Waals surface area (Å²) in [6, 6.07) is 12.0. The van der Waals surface area contributed by atoms with Crippen molar-refractivity contribution in [1.82, 2.24) is 24.5 Å². The molecule has 0 N–H and O–H groups in total. The van der Waals surface area contributed by atoms with Gasteiger partial charge < -0.3 is 4.90 Å². The van der Waals surface area contributed by atoms with Gasteiger partial charge in [-0.2, -0.15) is 5.10 Å². The highest BCUT2D eigenvalue weighted by atomic mass is 35.5. The Morgan fingerprint density at radius 3 is 2.86 bits per heavy atom. The number of pyridine rings is 1. The maximum Gasteiger partial charge on any atom is 0.274 e. The van der Waals surface area contributed by atoms with E-state index < -0.39 is 0 Å². The number of carbonyl (C=O) groups is 1. The first-order valence-electron chi connectivity index (χ1n) is 9.46. The van der Waals surface area contributed by atoms with Gasteiger partial charge in [-0.1, -0.05) is 29.8 Å². The van der Waals surface area contributed by atoms with Gasteiger partial charge in [0.2, 0.25) is 0 Å². The average Bonchev–Trinajstić information content (AvgIpc) is 3.17. The molecule has 0 saturated heterocycles. The summed E-state index contributed by atoms with van der Waals surface area (Å²) < 4.78 is 1.54. The molecule has 144 valence electrons. The van der Waals surface area contributed by atoms with Crippen LogP contribution in [0.25, 0.3) is 16.8 Å². The van der Waals surface area contributed by atoms with Crippen molar-refractivity contribution in [1.29, 1.82) is 0 Å². The van der Waals surface area contributed by atoms with E-state index >= 15 is 0 Å². The number of halogens is 1. The number of rotatable bonds is 2. The standard InChI is InChI=1S/C22H18ClN5O/c1-14-17-3-2-4-18(15-5-8-24-9-6-15)19(17)7-10-27(14)22(29)20-11-21-25-12-16(23)13-28(21)26-20/h2-6,8-9,11-14H,7,10H2,1H3. The van der Waals surface area contributed by atoms with Crippen LogP contribution in [-0.4, -0.2) is 36.9 Å². The van der Waals surface area contributed by atoms with Crippen LogP contribution < -0.4 is 0 Å². The first kappa shape index (κ1) is 17.8. The quantitative estimate of drug-likeness (QED) is 0.503. The molecule has 0 radical (unpaired) electrons. The van der Waals surface area contributed by atoms with E-state index in [0.717, 1.165) is 12.0 Å². The zero-order chi connectivity index (χ0) is 20.0. The molecule has 29 heavy (non-hydrogen) atoms. The van der Waals surface area contributed by atoms with Crippen molar-refractivity contribution in [2.24, 2.45) is 0 Å². The second kappa shape index (κ2) is 6.97. The zero-order valence-corrected chi connectivity index (χ0v) is 16.5. The monoisotopic (exact) mass is 403 g/mol. The number of nitrogens with zero attached hydrogens (tertiary/aromatic N) is 5. The summed E-state index contributed by atoms with van der Waals surface area (Å²) in [7, 11) is 0. The summed E-state index contributed by atoms with van der Waals surface area (Å²) in [5.41, 5.74) is 5.79. The van der Waals surface area contributed by atoms with Gasteiger partial charge in [-0.15, -0.1) is 0 Å². The van der Waals surface area contributed by atoms with E-state index in [1.54, 1.807) is 35.4 Å². The van der Waals surface area contributed by atoms with Gasteiger partial charge in [0.1, 0.15) is 0 Å². The van der Waals surface area contributed by atoms with Gasteiger partial charge in [0.05, 0.1) is 17.3 Å². The molecule has 4 heterocycles. The Morgan fingerprint density at radius 2 is 2.03 bits per heavy atom. The predicted molar refractivity (Wildman–Crippen MR) is 111 cm³/mol. The smallest absolute Gasteiger partial charge is 0.274 e. The van der Waals surface area contributed by atoms with Crippen molar-refractivity contribution >= 4 is 23.2 Å². The highest BCUT2D eigenvalue weighted by Crippen LogP contribution is 2.36. The highest BCUT2D eigenvalue weighted by molar-refractivity contribution is 6.30. The maximum atomic E-state index is 13.2. The average molecular weight is 404 g/mol. The van der Waals surface area contributed by atoms with E-state index in [2.05, 4.69) is 40.2 Å². The molecule has 0 bridgehead atoms. The van der Waals surface area contributed by atoms with E-state index in [0.29, 0.717) is 22.9 Å². The molecule has 1 aromatic carbocycles. The van der Waals surface area contributed by atoms with Gasteiger partial charge in [-0.25, -0.2) is 9.50 Å². The Hall–Kier alpha value is -3.25. The third kappa shape index (κ3) is 3.06. The summed E-state index contributed by atoms with van der Waals surface area (Å²) in [6.07, 6.45) is 7.60. The van der Waals surface area contributed by atoms with Crippen LogP contribution in [-0.2, 0) is 6.42 Å². The molecule has 1 unspecified atom stereocenters. The minimum Gasteiger partial charge on any atom is -0.330 e. The molecule has 1 aliphatic rings. The van der Waals surface area contributed by atoms with Crippen molar-refractivity contribution in [3.63, 3.8) is 0 Å². The fourth-order valence-corrected chi connectivity index (χ4v) is 4.20. The molecule has 6 nitrogen and oxygen atoms in total. The van der Waals surface area contributed by atoms with Crippen LogP contribution in [0.3, 0.4) is 0 Å². The first-order valence-corrected chi connectivity index (χ1v) is 9.84. The van der Waals surface area contributed by atoms with Gasteiger partial charge in [0, 0.05) is 31.2 Å². The SMILES string of the molecule is CC1c2cccc(-c3ccncc3)c2CCN1C(=O)c1cc2ncc(Cl)cn2n1. The van der Waals surface area contributed by atoms with Gasteiger partial charge >= 0.3 is 0 Å². The van der Waals surface area contributed by atoms with Crippen molar-refractivity contribution < 1.29 is 4.79 Å². The molecule has 0 aliphatic carbocycles. The lowest BCUT2D eigenvalue weighted by Gasteiger charge is -2.36. The van der Waals surface area contributed by atoms with Crippen LogP contribution >= 0.6 is 11.6 Å². The van der Waals surface area contributed by atoms with E-state index in [9.17, 15) is 4.79 Å². The number of hydrogen-bond acceptors (Lipinski definition) is 4. The molecule has 0 saturated carbocycles. The number of benzene rings is 1. The van der Waals surface area contributed by atoms with E-state index in [4.69, 9.17) is 11.6 Å². The molecule has 1 atom stereocenters. The Bertz CT molecular complexity index is 1220. The van der Waals surface area contributed by atoms with Crippen LogP contribution in [0.5, 0.6) is 0 Å². The Kier molecular flexibility index (Phi) is 4.28. The zero-order valence-electron chi connectivity index (χ0n) is 15.8. The third-order valence-electron chi connectivity index (χ3n) is 5.49. The molecule has 5 rings (SSSR count). The molecule has 4 aromatic rings. The van der Waals surface area contributed by atoms with E-state index in [-0.39, 0.29) is 11.9 Å². The second-order valence-corrected chi connectivity index (χ2v) is 7.57. The number of amides is 1. The van der Waals surface area contributed by atoms with Gasteiger partial charge in [0.15, 0.2) is 11.3 Å². The predicted octanol–water partition coefficient (Wildman–Crippen LogP) is 4.20. The molecule has 7 heteroatoms. The fourth-order valence-electron chi connectivity index (χ4n) is 4.05. The van der Waals surface area contributed by atoms with Crippen LogP contribution in [0.1, 0.15) is 34.6 Å². The largest absolute Gasteiger partial charge is 0.330 e. The van der Waals surface area contributed by atoms with Crippen molar-refractivity contribution in [3.05, 3.63) is 83.0 Å². The van der Waals surface area contributed by atoms with Gasteiger partial charge in [-0.3, -0.25) is 9.78 Å². The molecular formula is C22H18ClN5O. The van der Waals surface area contributed by atoms with Crippen LogP contribution in [0.15, 0.2) is 61.2 Å². The number of aromatic nitrogens is 4. The highest BCUT2D eigenvalue weighted by Gasteiger charge is 2.31. The molecule has 3 aromatic heterocycles. The Morgan fingerprint density at radius 1 is 1.21 bits per heavy atom. The Labute approximate surface area is 172 Å². The molecule has 1 aliphatic heterocycles. The first-order chi connectivity index (χ1) is 14.1. The number of fused-ring (bicyclic) bond motifs is 2. The van der Waals surface area contributed by atoms with E-state index in [1.807, 2.05) is 17.0 Å². The normalized spacial score (nSPS) is 16.1. The summed E-state index contributed by atoms with van der Waals surface area (Å²) >= 11 is 5.98. The van der Waals surface area contributed by atoms with Gasteiger partial charge in [-0.05, 0) is 47.7 Å². The van der Waals surface area contributed by atoms with Crippen LogP contribution in [0.4, 0.5) is 0 Å². The molecular weight excluding hydrogens is 386 g/mol. The summed E-state index contributed by atoms with van der Waals surface area (Å²) in [5.74, 6) is -0.0981. The molecule has 0 spiro atoms. The van der Waals surface area contributed by atoms with Crippen molar-refractivity contribution in [2.75, 3.05) is 6.54 Å².